The van der Waals surface area contributed by atoms with Crippen LogP contribution in [-0.2, 0) is 14.2 Å². The van der Waals surface area contributed by atoms with Crippen molar-refractivity contribution in [2.45, 2.75) is 68.3 Å². The fourth-order valence-corrected chi connectivity index (χ4v) is 2.52. The summed E-state index contributed by atoms with van der Waals surface area (Å²) in [5.41, 5.74) is 0. The van der Waals surface area contributed by atoms with E-state index in [1.165, 1.54) is 6.92 Å². The number of rotatable bonds is 3. The highest BCUT2D eigenvalue weighted by Gasteiger charge is 2.49. The van der Waals surface area contributed by atoms with E-state index in [0.29, 0.717) is 0 Å². The third-order valence-electron chi connectivity index (χ3n) is 3.94. The lowest BCUT2D eigenvalue weighted by atomic mass is 9.97. The topological polar surface area (TPSA) is 169 Å². The van der Waals surface area contributed by atoms with E-state index in [-0.39, 0.29) is 0 Å². The lowest BCUT2D eigenvalue weighted by Crippen LogP contribution is -2.63. The lowest BCUT2D eigenvalue weighted by Gasteiger charge is -2.44. The monoisotopic (exact) mass is 326 g/mol. The van der Waals surface area contributed by atoms with Crippen LogP contribution < -0.4 is 0 Å². The molecule has 10 atom stereocenters. The maximum atomic E-state index is 9.93. The predicted molar refractivity (Wildman–Crippen MR) is 67.2 cm³/mol. The molecule has 130 valence electrons. The van der Waals surface area contributed by atoms with Crippen LogP contribution in [0, 0.1) is 0 Å². The Hall–Kier alpha value is -0.400. The summed E-state index contributed by atoms with van der Waals surface area (Å²) in [6.45, 7) is 0.821. The van der Waals surface area contributed by atoms with Gasteiger partial charge in [0.05, 0.1) is 12.7 Å². The van der Waals surface area contributed by atoms with Gasteiger partial charge in [0.2, 0.25) is 0 Å². The largest absolute Gasteiger partial charge is 0.394 e. The van der Waals surface area contributed by atoms with Crippen molar-refractivity contribution in [3.63, 3.8) is 0 Å². The molecule has 2 heterocycles. The van der Waals surface area contributed by atoms with Crippen LogP contribution in [0.5, 0.6) is 0 Å². The van der Waals surface area contributed by atoms with E-state index >= 15 is 0 Å². The van der Waals surface area contributed by atoms with Crippen LogP contribution in [0.3, 0.4) is 0 Å². The van der Waals surface area contributed by atoms with Gasteiger partial charge in [0.1, 0.15) is 42.7 Å². The van der Waals surface area contributed by atoms with Crippen molar-refractivity contribution in [1.29, 1.82) is 0 Å². The van der Waals surface area contributed by atoms with Gasteiger partial charge < -0.3 is 50.0 Å². The van der Waals surface area contributed by atoms with Crippen LogP contribution in [0.2, 0.25) is 0 Å². The van der Waals surface area contributed by atoms with Gasteiger partial charge in [0.15, 0.2) is 12.6 Å². The average molecular weight is 326 g/mol. The molecule has 10 nitrogen and oxygen atoms in total. The first-order valence-corrected chi connectivity index (χ1v) is 6.93. The fraction of sp³-hybridized carbons (Fsp3) is 1.00. The second-order valence-corrected chi connectivity index (χ2v) is 5.51. The van der Waals surface area contributed by atoms with Crippen LogP contribution >= 0.6 is 0 Å². The maximum Gasteiger partial charge on any atom is 0.187 e. The molecule has 0 aliphatic carbocycles. The van der Waals surface area contributed by atoms with Crippen molar-refractivity contribution < 1.29 is 50.0 Å². The molecule has 0 radical (unpaired) electrons. The Morgan fingerprint density at radius 2 is 1.45 bits per heavy atom. The summed E-state index contributed by atoms with van der Waals surface area (Å²) in [6, 6.07) is 0. The molecule has 0 spiro atoms. The molecule has 2 rings (SSSR count). The zero-order chi connectivity index (χ0) is 16.6. The van der Waals surface area contributed by atoms with Crippen LogP contribution in [0.4, 0.5) is 0 Å². The summed E-state index contributed by atoms with van der Waals surface area (Å²) in [5.74, 6) is 0. The molecule has 2 saturated heterocycles. The summed E-state index contributed by atoms with van der Waals surface area (Å²) >= 11 is 0. The molecule has 22 heavy (non-hydrogen) atoms. The van der Waals surface area contributed by atoms with Crippen molar-refractivity contribution in [2.24, 2.45) is 0 Å². The SMILES string of the molecule is C[C@H]1O[C@@H](O[C@H]2[C@H](O)[C@@H](O)[C@@H](O)O[C@@H]2CO)[C@H](O)[C@@H](O)[C@@H]1O. The number of ether oxygens (including phenoxy) is 3. The predicted octanol–water partition coefficient (Wildman–Crippen LogP) is -4.37. The van der Waals surface area contributed by atoms with Gasteiger partial charge in [0, 0.05) is 0 Å². The summed E-state index contributed by atoms with van der Waals surface area (Å²) < 4.78 is 15.4. The van der Waals surface area contributed by atoms with E-state index < -0.39 is 68.0 Å². The molecule has 2 aliphatic heterocycles. The molecule has 0 aromatic rings. The normalized spacial score (nSPS) is 53.5. The van der Waals surface area contributed by atoms with Crippen molar-refractivity contribution >= 4 is 0 Å². The maximum absolute atomic E-state index is 9.93. The van der Waals surface area contributed by atoms with E-state index in [2.05, 4.69) is 0 Å². The van der Waals surface area contributed by atoms with Gasteiger partial charge in [-0.05, 0) is 6.92 Å². The smallest absolute Gasteiger partial charge is 0.187 e. The highest BCUT2D eigenvalue weighted by molar-refractivity contribution is 4.93. The molecule has 0 saturated carbocycles. The summed E-state index contributed by atoms with van der Waals surface area (Å²) in [7, 11) is 0. The van der Waals surface area contributed by atoms with Crippen molar-refractivity contribution in [3.8, 4) is 0 Å². The van der Waals surface area contributed by atoms with Gasteiger partial charge >= 0.3 is 0 Å². The van der Waals surface area contributed by atoms with Gasteiger partial charge in [-0.3, -0.25) is 0 Å². The lowest BCUT2D eigenvalue weighted by molar-refractivity contribution is -0.352. The molecule has 0 aromatic carbocycles. The molecule has 10 heteroatoms. The van der Waals surface area contributed by atoms with E-state index in [9.17, 15) is 35.7 Å². The first kappa shape index (κ1) is 17.9. The zero-order valence-electron chi connectivity index (χ0n) is 11.8. The molecule has 7 N–H and O–H groups in total. The number of aliphatic hydroxyl groups excluding tert-OH is 7. The molecular formula is C12H22O10. The summed E-state index contributed by atoms with van der Waals surface area (Å²) in [6.07, 6.45) is -14.2. The molecule has 0 unspecified atom stereocenters. The Labute approximate surface area is 126 Å². The number of hydrogen-bond acceptors (Lipinski definition) is 10. The highest BCUT2D eigenvalue weighted by Crippen LogP contribution is 2.28. The second-order valence-electron chi connectivity index (χ2n) is 5.51. The van der Waals surface area contributed by atoms with Crippen LogP contribution in [0.1, 0.15) is 6.92 Å². The van der Waals surface area contributed by atoms with Gasteiger partial charge in [-0.1, -0.05) is 0 Å². The minimum absolute atomic E-state index is 0.630. The first-order valence-electron chi connectivity index (χ1n) is 6.93. The van der Waals surface area contributed by atoms with Crippen molar-refractivity contribution in [2.75, 3.05) is 6.61 Å². The van der Waals surface area contributed by atoms with Crippen molar-refractivity contribution in [1.82, 2.24) is 0 Å². The molecule has 2 fully saturated rings. The minimum Gasteiger partial charge on any atom is -0.394 e. The Morgan fingerprint density at radius 1 is 0.818 bits per heavy atom. The molecule has 0 amide bonds. The molecule has 0 aromatic heterocycles. The Bertz CT molecular complexity index is 366. The Morgan fingerprint density at radius 3 is 2.05 bits per heavy atom. The summed E-state index contributed by atoms with van der Waals surface area (Å²) in [5, 5.41) is 67.3. The van der Waals surface area contributed by atoms with Gasteiger partial charge in [-0.15, -0.1) is 0 Å². The van der Waals surface area contributed by atoms with Crippen LogP contribution in [-0.4, -0.2) is 104 Å². The standard InChI is InChI=1S/C12H22O10/c1-3-5(14)6(15)9(18)12(20-3)22-10-4(2-13)21-11(19)8(17)7(10)16/h3-19H,2H2,1H3/t3-,4-,5-,6+,7-,8-,9-,10-,11+,12+/m1/s1. The van der Waals surface area contributed by atoms with Crippen LogP contribution in [0.15, 0.2) is 0 Å². The Kier molecular flexibility index (Phi) is 5.72. The average Bonchev–Trinajstić information content (AvgIpc) is 2.50. The quantitative estimate of drug-likeness (QED) is 0.269. The van der Waals surface area contributed by atoms with Gasteiger partial charge in [-0.25, -0.2) is 0 Å². The van der Waals surface area contributed by atoms with E-state index in [4.69, 9.17) is 14.2 Å². The van der Waals surface area contributed by atoms with Crippen molar-refractivity contribution in [3.05, 3.63) is 0 Å². The highest BCUT2D eigenvalue weighted by atomic mass is 16.7. The van der Waals surface area contributed by atoms with E-state index in [0.717, 1.165) is 0 Å². The summed E-state index contributed by atoms with van der Waals surface area (Å²) in [4.78, 5) is 0. The zero-order valence-corrected chi connectivity index (χ0v) is 11.8. The third-order valence-corrected chi connectivity index (χ3v) is 3.94. The van der Waals surface area contributed by atoms with E-state index in [1.54, 1.807) is 0 Å². The molecule has 0 bridgehead atoms. The first-order chi connectivity index (χ1) is 10.3. The van der Waals surface area contributed by atoms with Crippen LogP contribution in [0.25, 0.3) is 0 Å². The fourth-order valence-electron chi connectivity index (χ4n) is 2.52. The number of hydrogen-bond donors (Lipinski definition) is 7. The van der Waals surface area contributed by atoms with E-state index in [1.807, 2.05) is 0 Å². The third kappa shape index (κ3) is 3.26. The second kappa shape index (κ2) is 7.01. The number of aliphatic hydroxyl groups is 7. The Balaban J connectivity index is 2.10. The van der Waals surface area contributed by atoms with Gasteiger partial charge in [-0.2, -0.15) is 0 Å². The molecular weight excluding hydrogens is 304 g/mol. The minimum atomic E-state index is -1.70. The molecule has 2 aliphatic rings. The van der Waals surface area contributed by atoms with Gasteiger partial charge in [0.25, 0.3) is 0 Å².